The second kappa shape index (κ2) is 6.88. The first-order valence-electron chi connectivity index (χ1n) is 9.45. The summed E-state index contributed by atoms with van der Waals surface area (Å²) in [6, 6.07) is 8.36. The third-order valence-electron chi connectivity index (χ3n) is 5.34. The van der Waals surface area contributed by atoms with Gasteiger partial charge in [0.1, 0.15) is 10.7 Å². The molecule has 0 bridgehead atoms. The van der Waals surface area contributed by atoms with Crippen LogP contribution in [0.25, 0.3) is 10.2 Å². The first-order valence-corrected chi connectivity index (χ1v) is 10.3. The summed E-state index contributed by atoms with van der Waals surface area (Å²) in [6.07, 6.45) is 4.26. The molecule has 1 aliphatic rings. The van der Waals surface area contributed by atoms with Gasteiger partial charge in [-0.05, 0) is 61.8 Å². The SMILES string of the molecule is CCc1ccc(N[C@@H](C)c2nc3sc4c(c3c(=O)[nH]2)CC[C@H](C)C4)cc1. The Hall–Kier alpha value is -2.14. The lowest BCUT2D eigenvalue weighted by Gasteiger charge is -2.17. The minimum Gasteiger partial charge on any atom is -0.375 e. The van der Waals surface area contributed by atoms with E-state index in [4.69, 9.17) is 4.98 Å². The average molecular weight is 368 g/mol. The van der Waals surface area contributed by atoms with Crippen LogP contribution in [-0.4, -0.2) is 9.97 Å². The van der Waals surface area contributed by atoms with Crippen molar-refractivity contribution in [3.8, 4) is 0 Å². The number of aryl methyl sites for hydroxylation is 2. The number of benzene rings is 1. The van der Waals surface area contributed by atoms with Crippen molar-refractivity contribution in [3.63, 3.8) is 0 Å². The number of aromatic amines is 1. The number of nitrogens with zero attached hydrogens (tertiary/aromatic N) is 1. The summed E-state index contributed by atoms with van der Waals surface area (Å²) in [5.74, 6) is 1.40. The van der Waals surface area contributed by atoms with Crippen LogP contribution in [-0.2, 0) is 19.3 Å². The second-order valence-corrected chi connectivity index (χ2v) is 8.48. The van der Waals surface area contributed by atoms with Gasteiger partial charge in [0, 0.05) is 10.6 Å². The molecule has 1 aliphatic carbocycles. The first-order chi connectivity index (χ1) is 12.5. The van der Waals surface area contributed by atoms with Gasteiger partial charge >= 0.3 is 0 Å². The molecule has 0 aliphatic heterocycles. The summed E-state index contributed by atoms with van der Waals surface area (Å²) in [5, 5.41) is 4.26. The predicted octanol–water partition coefficient (Wildman–Crippen LogP) is 4.84. The lowest BCUT2D eigenvalue weighted by atomic mass is 9.89. The molecule has 4 rings (SSSR count). The number of thiophene rings is 1. The Kier molecular flexibility index (Phi) is 4.57. The van der Waals surface area contributed by atoms with Crippen LogP contribution in [0.5, 0.6) is 0 Å². The molecule has 2 atom stereocenters. The number of hydrogen-bond donors (Lipinski definition) is 2. The maximum atomic E-state index is 12.7. The van der Waals surface area contributed by atoms with Crippen molar-refractivity contribution in [3.05, 3.63) is 56.4 Å². The Bertz CT molecular complexity index is 987. The van der Waals surface area contributed by atoms with Gasteiger partial charge < -0.3 is 10.3 Å². The van der Waals surface area contributed by atoms with Gasteiger partial charge in [-0.3, -0.25) is 4.79 Å². The van der Waals surface area contributed by atoms with Gasteiger partial charge in [0.15, 0.2) is 0 Å². The van der Waals surface area contributed by atoms with E-state index in [1.165, 1.54) is 16.0 Å². The predicted molar refractivity (Wildman–Crippen MR) is 109 cm³/mol. The zero-order valence-electron chi connectivity index (χ0n) is 15.6. The number of H-pyrrole nitrogens is 1. The second-order valence-electron chi connectivity index (χ2n) is 7.40. The van der Waals surface area contributed by atoms with Gasteiger partial charge in [0.25, 0.3) is 5.56 Å². The number of anilines is 1. The quantitative estimate of drug-likeness (QED) is 0.693. The zero-order valence-corrected chi connectivity index (χ0v) is 16.4. The Morgan fingerprint density at radius 3 is 2.85 bits per heavy atom. The first kappa shape index (κ1) is 17.3. The minimum absolute atomic E-state index is 0.00651. The summed E-state index contributed by atoms with van der Waals surface area (Å²) in [4.78, 5) is 22.8. The standard InChI is InChI=1S/C21H25N3OS/c1-4-14-6-8-15(9-7-14)22-13(3)19-23-20(25)18-16-10-5-12(2)11-17(16)26-21(18)24-19/h6-9,12-13,22H,4-5,10-11H2,1-3H3,(H,23,24,25)/t12-,13-/m0/s1. The van der Waals surface area contributed by atoms with Crippen LogP contribution in [0.15, 0.2) is 29.1 Å². The van der Waals surface area contributed by atoms with E-state index in [9.17, 15) is 4.79 Å². The molecule has 26 heavy (non-hydrogen) atoms. The van der Waals surface area contributed by atoms with Gasteiger partial charge in [-0.15, -0.1) is 11.3 Å². The van der Waals surface area contributed by atoms with Crippen molar-refractivity contribution in [2.45, 2.75) is 52.5 Å². The Morgan fingerprint density at radius 1 is 1.35 bits per heavy atom. The van der Waals surface area contributed by atoms with Crippen LogP contribution in [0.1, 0.15) is 55.1 Å². The number of aromatic nitrogens is 2. The summed E-state index contributed by atoms with van der Waals surface area (Å²) >= 11 is 1.70. The van der Waals surface area contributed by atoms with Crippen LogP contribution in [0, 0.1) is 5.92 Å². The molecule has 2 aromatic heterocycles. The molecular formula is C21H25N3OS. The molecule has 0 unspecified atom stereocenters. The van der Waals surface area contributed by atoms with Crippen molar-refractivity contribution in [1.82, 2.24) is 9.97 Å². The largest absolute Gasteiger partial charge is 0.375 e. The molecule has 4 nitrogen and oxygen atoms in total. The number of fused-ring (bicyclic) bond motifs is 3. The zero-order chi connectivity index (χ0) is 18.3. The monoisotopic (exact) mass is 367 g/mol. The van der Waals surface area contributed by atoms with Crippen LogP contribution in [0.4, 0.5) is 5.69 Å². The van der Waals surface area contributed by atoms with E-state index < -0.39 is 0 Å². The van der Waals surface area contributed by atoms with Crippen LogP contribution in [0.2, 0.25) is 0 Å². The van der Waals surface area contributed by atoms with Gasteiger partial charge in [0.2, 0.25) is 0 Å². The molecule has 0 spiro atoms. The highest BCUT2D eigenvalue weighted by Crippen LogP contribution is 2.35. The number of hydrogen-bond acceptors (Lipinski definition) is 4. The molecule has 0 saturated heterocycles. The van der Waals surface area contributed by atoms with Gasteiger partial charge in [-0.1, -0.05) is 26.0 Å². The van der Waals surface area contributed by atoms with E-state index in [0.717, 1.165) is 41.6 Å². The fourth-order valence-corrected chi connectivity index (χ4v) is 5.12. The van der Waals surface area contributed by atoms with Gasteiger partial charge in [-0.2, -0.15) is 0 Å². The fraction of sp³-hybridized carbons (Fsp3) is 0.429. The Labute approximate surface area is 157 Å². The molecule has 1 aromatic carbocycles. The van der Waals surface area contributed by atoms with E-state index in [2.05, 4.69) is 48.4 Å². The highest BCUT2D eigenvalue weighted by molar-refractivity contribution is 7.18. The normalized spacial score (nSPS) is 17.9. The van der Waals surface area contributed by atoms with Crippen LogP contribution in [0.3, 0.4) is 0 Å². The number of rotatable bonds is 4. The van der Waals surface area contributed by atoms with E-state index in [-0.39, 0.29) is 11.6 Å². The maximum Gasteiger partial charge on any atom is 0.259 e. The van der Waals surface area contributed by atoms with Crippen LogP contribution >= 0.6 is 11.3 Å². The molecular weight excluding hydrogens is 342 g/mol. The molecule has 5 heteroatoms. The van der Waals surface area contributed by atoms with Crippen molar-refractivity contribution in [2.75, 3.05) is 5.32 Å². The Morgan fingerprint density at radius 2 is 2.12 bits per heavy atom. The lowest BCUT2D eigenvalue weighted by Crippen LogP contribution is -2.18. The molecule has 0 fully saturated rings. The minimum atomic E-state index is -0.0578. The van der Waals surface area contributed by atoms with Crippen molar-refractivity contribution < 1.29 is 0 Å². The summed E-state index contributed by atoms with van der Waals surface area (Å²) in [7, 11) is 0. The average Bonchev–Trinajstić information content (AvgIpc) is 3.00. The topological polar surface area (TPSA) is 57.8 Å². The smallest absolute Gasteiger partial charge is 0.259 e. The third kappa shape index (κ3) is 3.16. The van der Waals surface area contributed by atoms with Gasteiger partial charge in [0.05, 0.1) is 11.4 Å². The van der Waals surface area contributed by atoms with Crippen molar-refractivity contribution in [2.24, 2.45) is 5.92 Å². The molecule has 0 radical (unpaired) electrons. The fourth-order valence-electron chi connectivity index (χ4n) is 3.73. The molecule has 0 saturated carbocycles. The van der Waals surface area contributed by atoms with E-state index in [1.54, 1.807) is 11.3 Å². The van der Waals surface area contributed by atoms with Crippen molar-refractivity contribution in [1.29, 1.82) is 0 Å². The third-order valence-corrected chi connectivity index (χ3v) is 6.49. The molecule has 2 heterocycles. The van der Waals surface area contributed by atoms with Gasteiger partial charge in [-0.25, -0.2) is 4.98 Å². The molecule has 2 N–H and O–H groups in total. The lowest BCUT2D eigenvalue weighted by molar-refractivity contribution is 0.509. The highest BCUT2D eigenvalue weighted by Gasteiger charge is 2.23. The summed E-state index contributed by atoms with van der Waals surface area (Å²) in [5.41, 5.74) is 3.59. The number of nitrogens with one attached hydrogen (secondary N) is 2. The summed E-state index contributed by atoms with van der Waals surface area (Å²) < 4.78 is 0. The van der Waals surface area contributed by atoms with Crippen molar-refractivity contribution >= 4 is 27.2 Å². The van der Waals surface area contributed by atoms with E-state index >= 15 is 0 Å². The summed E-state index contributed by atoms with van der Waals surface area (Å²) in [6.45, 7) is 6.47. The maximum absolute atomic E-state index is 12.7. The molecule has 0 amide bonds. The van der Waals surface area contributed by atoms with E-state index in [0.29, 0.717) is 11.7 Å². The van der Waals surface area contributed by atoms with Crippen LogP contribution < -0.4 is 10.9 Å². The molecule has 136 valence electrons. The molecule has 3 aromatic rings. The highest BCUT2D eigenvalue weighted by atomic mass is 32.1. The van der Waals surface area contributed by atoms with E-state index in [1.807, 2.05) is 6.92 Å². The Balaban J connectivity index is 1.65.